The van der Waals surface area contributed by atoms with Crippen LogP contribution in [-0.2, 0) is 11.2 Å². The van der Waals surface area contributed by atoms with Gasteiger partial charge in [-0.3, -0.25) is 4.79 Å². The first-order valence-electron chi connectivity index (χ1n) is 9.65. The number of hydrogen-bond donors (Lipinski definition) is 1. The van der Waals surface area contributed by atoms with E-state index in [2.05, 4.69) is 42.6 Å². The van der Waals surface area contributed by atoms with Gasteiger partial charge in [0.25, 0.3) is 5.91 Å². The molecule has 3 rings (SSSR count). The van der Waals surface area contributed by atoms with Crippen LogP contribution in [0, 0.1) is 0 Å². The van der Waals surface area contributed by atoms with Crippen LogP contribution in [0.5, 0.6) is 5.75 Å². The maximum absolute atomic E-state index is 12.7. The van der Waals surface area contributed by atoms with Crippen molar-refractivity contribution in [3.8, 4) is 5.75 Å². The van der Waals surface area contributed by atoms with Gasteiger partial charge < -0.3 is 10.1 Å². The fourth-order valence-corrected chi connectivity index (χ4v) is 3.16. The molecule has 0 radical (unpaired) electrons. The number of rotatable bonds is 7. The number of benzene rings is 3. The van der Waals surface area contributed by atoms with Crippen molar-refractivity contribution in [1.82, 2.24) is 5.32 Å². The van der Waals surface area contributed by atoms with Gasteiger partial charge in [-0.25, -0.2) is 0 Å². The summed E-state index contributed by atoms with van der Waals surface area (Å²) in [4.78, 5) is 12.7. The molecule has 0 spiro atoms. The van der Waals surface area contributed by atoms with Gasteiger partial charge in [-0.15, -0.1) is 0 Å². The summed E-state index contributed by atoms with van der Waals surface area (Å²) in [5.41, 5.74) is 2.39. The molecule has 3 nitrogen and oxygen atoms in total. The number of nitrogens with one attached hydrogen (secondary N) is 1. The third kappa shape index (κ3) is 4.68. The number of ether oxygens (including phenoxy) is 1. The molecule has 140 valence electrons. The minimum Gasteiger partial charge on any atom is -0.481 e. The predicted octanol–water partition coefficient (Wildman–Crippen LogP) is 5.44. The van der Waals surface area contributed by atoms with Gasteiger partial charge in [0.05, 0.1) is 6.04 Å². The molecular weight excluding hydrogens is 334 g/mol. The van der Waals surface area contributed by atoms with E-state index in [1.54, 1.807) is 0 Å². The first-order chi connectivity index (χ1) is 13.1. The van der Waals surface area contributed by atoms with E-state index >= 15 is 0 Å². The Balaban J connectivity index is 1.67. The summed E-state index contributed by atoms with van der Waals surface area (Å²) in [6.07, 6.45) is 1.11. The van der Waals surface area contributed by atoms with E-state index in [1.165, 1.54) is 5.56 Å². The van der Waals surface area contributed by atoms with Crippen molar-refractivity contribution in [2.24, 2.45) is 0 Å². The first-order valence-corrected chi connectivity index (χ1v) is 9.65. The van der Waals surface area contributed by atoms with Crippen molar-refractivity contribution >= 4 is 16.7 Å². The molecule has 0 saturated heterocycles. The minimum atomic E-state index is -0.511. The molecule has 0 aromatic heterocycles. The van der Waals surface area contributed by atoms with Gasteiger partial charge in [0.2, 0.25) is 0 Å². The molecule has 0 heterocycles. The number of carbonyl (C=O) groups excluding carboxylic acids is 1. The topological polar surface area (TPSA) is 38.3 Å². The zero-order valence-corrected chi connectivity index (χ0v) is 16.2. The van der Waals surface area contributed by atoms with Crippen LogP contribution >= 0.6 is 0 Å². The van der Waals surface area contributed by atoms with Crippen molar-refractivity contribution in [3.63, 3.8) is 0 Å². The van der Waals surface area contributed by atoms with Gasteiger partial charge in [-0.05, 0) is 53.8 Å². The molecule has 0 aliphatic heterocycles. The van der Waals surface area contributed by atoms with E-state index in [-0.39, 0.29) is 11.9 Å². The lowest BCUT2D eigenvalue weighted by Crippen LogP contribution is -2.39. The van der Waals surface area contributed by atoms with Crippen LogP contribution in [0.25, 0.3) is 10.8 Å². The normalized spacial score (nSPS) is 13.1. The third-order valence-corrected chi connectivity index (χ3v) is 4.91. The highest BCUT2D eigenvalue weighted by molar-refractivity contribution is 5.84. The zero-order valence-electron chi connectivity index (χ0n) is 16.2. The van der Waals surface area contributed by atoms with E-state index in [0.717, 1.165) is 28.5 Å². The van der Waals surface area contributed by atoms with Crippen molar-refractivity contribution < 1.29 is 9.53 Å². The molecule has 0 fully saturated rings. The van der Waals surface area contributed by atoms with Crippen LogP contribution in [-0.4, -0.2) is 12.0 Å². The Kier molecular flexibility index (Phi) is 6.12. The Morgan fingerprint density at radius 3 is 2.33 bits per heavy atom. The monoisotopic (exact) mass is 361 g/mol. The Bertz CT molecular complexity index is 902. The maximum Gasteiger partial charge on any atom is 0.261 e. The second kappa shape index (κ2) is 8.72. The highest BCUT2D eigenvalue weighted by Crippen LogP contribution is 2.22. The van der Waals surface area contributed by atoms with Crippen molar-refractivity contribution in [3.05, 3.63) is 77.9 Å². The molecule has 3 aromatic carbocycles. The summed E-state index contributed by atoms with van der Waals surface area (Å²) in [5.74, 6) is 0.633. The molecule has 0 unspecified atom stereocenters. The summed E-state index contributed by atoms with van der Waals surface area (Å²) < 4.78 is 5.99. The van der Waals surface area contributed by atoms with Crippen LogP contribution in [0.2, 0.25) is 0 Å². The molecular formula is C24H27NO2. The minimum absolute atomic E-state index is 0.0577. The SMILES string of the molecule is CCc1ccc([C@@H](C)NC(=O)[C@H](CC)Oc2ccc3ccccc3c2)cc1. The highest BCUT2D eigenvalue weighted by Gasteiger charge is 2.20. The standard InChI is InChI=1S/C24H27NO2/c1-4-18-10-12-19(13-11-18)17(3)25-24(26)23(5-2)27-22-15-14-20-8-6-7-9-21(20)16-22/h6-17,23H,4-5H2,1-3H3,(H,25,26)/t17-,23+/m1/s1. The summed E-state index contributed by atoms with van der Waals surface area (Å²) >= 11 is 0. The summed E-state index contributed by atoms with van der Waals surface area (Å²) in [6, 6.07) is 22.4. The van der Waals surface area contributed by atoms with E-state index < -0.39 is 6.10 Å². The maximum atomic E-state index is 12.7. The fourth-order valence-electron chi connectivity index (χ4n) is 3.16. The van der Waals surface area contributed by atoms with Crippen LogP contribution in [0.3, 0.4) is 0 Å². The van der Waals surface area contributed by atoms with Crippen LogP contribution < -0.4 is 10.1 Å². The molecule has 27 heavy (non-hydrogen) atoms. The lowest BCUT2D eigenvalue weighted by molar-refractivity contribution is -0.128. The second-order valence-electron chi connectivity index (χ2n) is 6.85. The van der Waals surface area contributed by atoms with Gasteiger partial charge >= 0.3 is 0 Å². The fraction of sp³-hybridized carbons (Fsp3) is 0.292. The van der Waals surface area contributed by atoms with Crippen molar-refractivity contribution in [2.45, 2.75) is 45.8 Å². The smallest absolute Gasteiger partial charge is 0.261 e. The first kappa shape index (κ1) is 19.0. The Morgan fingerprint density at radius 2 is 1.67 bits per heavy atom. The average molecular weight is 361 g/mol. The number of aryl methyl sites for hydroxylation is 1. The largest absolute Gasteiger partial charge is 0.481 e. The molecule has 0 aliphatic rings. The number of amides is 1. The van der Waals surface area contributed by atoms with E-state index in [9.17, 15) is 4.79 Å². The number of hydrogen-bond acceptors (Lipinski definition) is 2. The Morgan fingerprint density at radius 1 is 0.963 bits per heavy atom. The lowest BCUT2D eigenvalue weighted by Gasteiger charge is -2.21. The molecule has 0 bridgehead atoms. The number of fused-ring (bicyclic) bond motifs is 1. The average Bonchev–Trinajstić information content (AvgIpc) is 2.71. The Labute approximate surface area is 161 Å². The molecule has 3 aromatic rings. The lowest BCUT2D eigenvalue weighted by atomic mass is 10.0. The Hall–Kier alpha value is -2.81. The van der Waals surface area contributed by atoms with Gasteiger partial charge in [-0.1, -0.05) is 68.4 Å². The third-order valence-electron chi connectivity index (χ3n) is 4.91. The second-order valence-corrected chi connectivity index (χ2v) is 6.85. The molecule has 1 N–H and O–H groups in total. The van der Waals surface area contributed by atoms with E-state index in [1.807, 2.05) is 50.2 Å². The van der Waals surface area contributed by atoms with Crippen LogP contribution in [0.1, 0.15) is 44.4 Å². The van der Waals surface area contributed by atoms with E-state index in [4.69, 9.17) is 4.74 Å². The number of carbonyl (C=O) groups is 1. The van der Waals surface area contributed by atoms with Gasteiger partial charge in [0.1, 0.15) is 5.75 Å². The molecule has 1 amide bonds. The summed E-state index contributed by atoms with van der Waals surface area (Å²) in [6.45, 7) is 6.10. The molecule has 3 heteroatoms. The predicted molar refractivity (Wildman–Crippen MR) is 111 cm³/mol. The van der Waals surface area contributed by atoms with Gasteiger partial charge in [-0.2, -0.15) is 0 Å². The molecule has 2 atom stereocenters. The highest BCUT2D eigenvalue weighted by atomic mass is 16.5. The molecule has 0 aliphatic carbocycles. The quantitative estimate of drug-likeness (QED) is 0.609. The zero-order chi connectivity index (χ0) is 19.2. The summed E-state index contributed by atoms with van der Waals surface area (Å²) in [7, 11) is 0. The van der Waals surface area contributed by atoms with Gasteiger partial charge in [0.15, 0.2) is 6.10 Å². The van der Waals surface area contributed by atoms with Gasteiger partial charge in [0, 0.05) is 0 Å². The van der Waals surface area contributed by atoms with Crippen LogP contribution in [0.15, 0.2) is 66.7 Å². The van der Waals surface area contributed by atoms with E-state index in [0.29, 0.717) is 6.42 Å². The molecule has 0 saturated carbocycles. The summed E-state index contributed by atoms with van der Waals surface area (Å²) in [5, 5.41) is 5.34. The van der Waals surface area contributed by atoms with Crippen molar-refractivity contribution in [2.75, 3.05) is 0 Å². The van der Waals surface area contributed by atoms with Crippen LogP contribution in [0.4, 0.5) is 0 Å². The van der Waals surface area contributed by atoms with Crippen molar-refractivity contribution in [1.29, 1.82) is 0 Å².